The van der Waals surface area contributed by atoms with Crippen molar-refractivity contribution in [3.8, 4) is 5.75 Å². The second-order valence-corrected chi connectivity index (χ2v) is 6.52. The normalized spacial score (nSPS) is 15.1. The third-order valence-electron chi connectivity index (χ3n) is 4.14. The highest BCUT2D eigenvalue weighted by Crippen LogP contribution is 2.26. The molecule has 0 bridgehead atoms. The van der Waals surface area contributed by atoms with Crippen LogP contribution in [0.2, 0.25) is 10.3 Å². The van der Waals surface area contributed by atoms with E-state index < -0.39 is 4.92 Å². The Hall–Kier alpha value is -2.16. The van der Waals surface area contributed by atoms with Crippen molar-refractivity contribution in [2.45, 2.75) is 0 Å². The van der Waals surface area contributed by atoms with E-state index in [1.54, 1.807) is 18.2 Å². The van der Waals surface area contributed by atoms with Gasteiger partial charge in [0.1, 0.15) is 12.4 Å². The number of aromatic nitrogens is 2. The molecule has 1 aliphatic rings. The zero-order valence-corrected chi connectivity index (χ0v) is 15.4. The lowest BCUT2D eigenvalue weighted by atomic mass is 10.3. The van der Waals surface area contributed by atoms with Gasteiger partial charge in [0.2, 0.25) is 0 Å². The standard InChI is InChI=1S/C16H17Cl2N5O3/c17-15-11-14(16(18)20-19-15)22-7-5-21(6-8-22)9-10-26-13-3-1-12(2-4-13)23(24)25/h1-4,11H,5-10H2. The molecule has 0 spiro atoms. The van der Waals surface area contributed by atoms with Crippen LogP contribution in [-0.2, 0) is 0 Å². The number of benzene rings is 1. The van der Waals surface area contributed by atoms with Crippen LogP contribution in [0, 0.1) is 10.1 Å². The molecule has 0 aliphatic carbocycles. The minimum Gasteiger partial charge on any atom is -0.492 e. The Morgan fingerprint density at radius 2 is 1.81 bits per heavy atom. The monoisotopic (exact) mass is 397 g/mol. The van der Waals surface area contributed by atoms with E-state index in [2.05, 4.69) is 20.0 Å². The van der Waals surface area contributed by atoms with Crippen LogP contribution in [0.1, 0.15) is 0 Å². The zero-order chi connectivity index (χ0) is 18.5. The highest BCUT2D eigenvalue weighted by Gasteiger charge is 2.20. The van der Waals surface area contributed by atoms with Crippen molar-refractivity contribution < 1.29 is 9.66 Å². The molecular weight excluding hydrogens is 381 g/mol. The second kappa shape index (κ2) is 8.48. The van der Waals surface area contributed by atoms with Crippen LogP contribution in [0.3, 0.4) is 0 Å². The van der Waals surface area contributed by atoms with Gasteiger partial charge in [0.15, 0.2) is 10.3 Å². The molecule has 1 aromatic heterocycles. The van der Waals surface area contributed by atoms with Gasteiger partial charge in [0.05, 0.1) is 10.6 Å². The molecule has 1 fully saturated rings. The number of hydrogen-bond acceptors (Lipinski definition) is 7. The number of ether oxygens (including phenoxy) is 1. The Balaban J connectivity index is 1.44. The second-order valence-electron chi connectivity index (χ2n) is 5.77. The molecule has 0 radical (unpaired) electrons. The molecule has 2 heterocycles. The van der Waals surface area contributed by atoms with Crippen LogP contribution in [0.15, 0.2) is 30.3 Å². The van der Waals surface area contributed by atoms with Gasteiger partial charge in [-0.05, 0) is 12.1 Å². The van der Waals surface area contributed by atoms with Crippen molar-refractivity contribution in [3.05, 3.63) is 50.8 Å². The van der Waals surface area contributed by atoms with E-state index in [0.29, 0.717) is 22.7 Å². The molecular formula is C16H17Cl2N5O3. The number of nitrogens with zero attached hydrogens (tertiary/aromatic N) is 5. The first-order valence-corrected chi connectivity index (χ1v) is 8.82. The maximum absolute atomic E-state index is 10.6. The van der Waals surface area contributed by atoms with Gasteiger partial charge >= 0.3 is 0 Å². The molecule has 8 nitrogen and oxygen atoms in total. The molecule has 0 saturated carbocycles. The maximum atomic E-state index is 10.6. The lowest BCUT2D eigenvalue weighted by Gasteiger charge is -2.36. The molecule has 26 heavy (non-hydrogen) atoms. The molecule has 0 amide bonds. The molecule has 3 rings (SSSR count). The van der Waals surface area contributed by atoms with Gasteiger partial charge < -0.3 is 9.64 Å². The average Bonchev–Trinajstić information content (AvgIpc) is 2.65. The van der Waals surface area contributed by atoms with Crippen molar-refractivity contribution in [2.75, 3.05) is 44.2 Å². The quantitative estimate of drug-likeness (QED) is 0.546. The van der Waals surface area contributed by atoms with Gasteiger partial charge in [-0.2, -0.15) is 0 Å². The summed E-state index contributed by atoms with van der Waals surface area (Å²) in [6.45, 7) is 4.62. The van der Waals surface area contributed by atoms with E-state index >= 15 is 0 Å². The third-order valence-corrected chi connectivity index (χ3v) is 4.59. The topological polar surface area (TPSA) is 84.6 Å². The van der Waals surface area contributed by atoms with E-state index in [1.165, 1.54) is 12.1 Å². The highest BCUT2D eigenvalue weighted by molar-refractivity contribution is 6.33. The Kier molecular flexibility index (Phi) is 6.08. The highest BCUT2D eigenvalue weighted by atomic mass is 35.5. The lowest BCUT2D eigenvalue weighted by Crippen LogP contribution is -2.47. The summed E-state index contributed by atoms with van der Waals surface area (Å²) in [5.74, 6) is 0.624. The van der Waals surface area contributed by atoms with Crippen molar-refractivity contribution in [1.82, 2.24) is 15.1 Å². The number of halogens is 2. The zero-order valence-electron chi connectivity index (χ0n) is 13.8. The van der Waals surface area contributed by atoms with E-state index in [0.717, 1.165) is 38.4 Å². The summed E-state index contributed by atoms with van der Waals surface area (Å²) in [6.07, 6.45) is 0. The molecule has 2 aromatic rings. The summed E-state index contributed by atoms with van der Waals surface area (Å²) in [5.41, 5.74) is 0.853. The first-order valence-electron chi connectivity index (χ1n) is 8.06. The van der Waals surface area contributed by atoms with Crippen LogP contribution in [0.4, 0.5) is 11.4 Å². The summed E-state index contributed by atoms with van der Waals surface area (Å²) in [6, 6.07) is 7.82. The minimum absolute atomic E-state index is 0.0536. The third kappa shape index (κ3) is 4.72. The van der Waals surface area contributed by atoms with Crippen LogP contribution in [-0.4, -0.2) is 59.4 Å². The molecule has 1 aliphatic heterocycles. The van der Waals surface area contributed by atoms with E-state index in [4.69, 9.17) is 27.9 Å². The fraction of sp³-hybridized carbons (Fsp3) is 0.375. The van der Waals surface area contributed by atoms with Gasteiger partial charge in [-0.1, -0.05) is 23.2 Å². The Labute approximate surface area is 160 Å². The van der Waals surface area contributed by atoms with Crippen molar-refractivity contribution in [3.63, 3.8) is 0 Å². The van der Waals surface area contributed by atoms with Crippen molar-refractivity contribution >= 4 is 34.6 Å². The van der Waals surface area contributed by atoms with Crippen molar-refractivity contribution in [2.24, 2.45) is 0 Å². The summed E-state index contributed by atoms with van der Waals surface area (Å²) in [5, 5.41) is 18.9. The molecule has 0 atom stereocenters. The number of nitro benzene ring substituents is 1. The van der Waals surface area contributed by atoms with Crippen LogP contribution in [0.25, 0.3) is 0 Å². The number of hydrogen-bond donors (Lipinski definition) is 0. The number of nitro groups is 1. The number of non-ortho nitro benzene ring substituents is 1. The molecule has 1 aromatic carbocycles. The smallest absolute Gasteiger partial charge is 0.269 e. The minimum atomic E-state index is -0.430. The fourth-order valence-corrected chi connectivity index (χ4v) is 3.09. The van der Waals surface area contributed by atoms with E-state index in [1.807, 2.05) is 0 Å². The van der Waals surface area contributed by atoms with E-state index in [-0.39, 0.29) is 5.69 Å². The van der Waals surface area contributed by atoms with Crippen LogP contribution >= 0.6 is 23.2 Å². The average molecular weight is 398 g/mol. The predicted octanol–water partition coefficient (Wildman–Crippen LogP) is 2.89. The van der Waals surface area contributed by atoms with Gasteiger partial charge in [-0.3, -0.25) is 15.0 Å². The van der Waals surface area contributed by atoms with Gasteiger partial charge in [-0.15, -0.1) is 10.2 Å². The first kappa shape index (κ1) is 18.6. The molecule has 0 N–H and O–H groups in total. The number of anilines is 1. The lowest BCUT2D eigenvalue weighted by molar-refractivity contribution is -0.384. The molecule has 0 unspecified atom stereocenters. The Morgan fingerprint density at radius 3 is 2.46 bits per heavy atom. The number of rotatable bonds is 6. The molecule has 138 valence electrons. The van der Waals surface area contributed by atoms with Gasteiger partial charge in [0, 0.05) is 50.9 Å². The predicted molar refractivity (Wildman–Crippen MR) is 99.3 cm³/mol. The van der Waals surface area contributed by atoms with Crippen LogP contribution < -0.4 is 9.64 Å². The summed E-state index contributed by atoms with van der Waals surface area (Å²) in [4.78, 5) is 14.6. The SMILES string of the molecule is O=[N+]([O-])c1ccc(OCCN2CCN(c3cc(Cl)nnc3Cl)CC2)cc1. The van der Waals surface area contributed by atoms with Gasteiger partial charge in [0.25, 0.3) is 5.69 Å². The largest absolute Gasteiger partial charge is 0.492 e. The first-order chi connectivity index (χ1) is 12.5. The number of piperazine rings is 1. The summed E-state index contributed by atoms with van der Waals surface area (Å²) < 4.78 is 5.66. The summed E-state index contributed by atoms with van der Waals surface area (Å²) >= 11 is 12.0. The molecule has 10 heteroatoms. The summed E-state index contributed by atoms with van der Waals surface area (Å²) in [7, 11) is 0. The van der Waals surface area contributed by atoms with Crippen molar-refractivity contribution in [1.29, 1.82) is 0 Å². The van der Waals surface area contributed by atoms with Gasteiger partial charge in [-0.25, -0.2) is 0 Å². The van der Waals surface area contributed by atoms with E-state index in [9.17, 15) is 10.1 Å². The Bertz CT molecular complexity index is 767. The fourth-order valence-electron chi connectivity index (χ4n) is 2.73. The van der Waals surface area contributed by atoms with Crippen LogP contribution in [0.5, 0.6) is 5.75 Å². The molecule has 1 saturated heterocycles. The Morgan fingerprint density at radius 1 is 1.12 bits per heavy atom. The maximum Gasteiger partial charge on any atom is 0.269 e.